The fourth-order valence-corrected chi connectivity index (χ4v) is 3.69. The Morgan fingerprint density at radius 2 is 2.04 bits per heavy atom. The molecular weight excluding hydrogens is 372 g/mol. The second-order valence-electron chi connectivity index (χ2n) is 5.40. The normalized spacial score (nSPS) is 12.0. The van der Waals surface area contributed by atoms with Crippen molar-refractivity contribution in [3.63, 3.8) is 0 Å². The first-order valence-electron chi connectivity index (χ1n) is 7.22. The molecule has 0 unspecified atom stereocenters. The number of fused-ring (bicyclic) bond motifs is 2. The van der Waals surface area contributed by atoms with E-state index in [-0.39, 0.29) is 22.0 Å². The SMILES string of the molecule is O=CNc1nc2ccc(-c3c(C(F)(F)F)c(F)cc4[nH]ncc34)cc2s1. The molecule has 0 saturated carbocycles. The Labute approximate surface area is 146 Å². The minimum atomic E-state index is -4.88. The fourth-order valence-electron chi connectivity index (χ4n) is 2.83. The van der Waals surface area contributed by atoms with Crippen LogP contribution in [-0.2, 0) is 11.0 Å². The highest BCUT2D eigenvalue weighted by molar-refractivity contribution is 7.22. The van der Waals surface area contributed by atoms with Gasteiger partial charge in [-0.25, -0.2) is 9.37 Å². The van der Waals surface area contributed by atoms with Crippen LogP contribution in [0.15, 0.2) is 30.5 Å². The predicted octanol–water partition coefficient (Wildman–Crippen LogP) is 4.57. The summed E-state index contributed by atoms with van der Waals surface area (Å²) in [5.41, 5.74) is -0.783. The third-order valence-corrected chi connectivity index (χ3v) is 4.79. The van der Waals surface area contributed by atoms with Crippen molar-refractivity contribution in [2.45, 2.75) is 6.18 Å². The monoisotopic (exact) mass is 380 g/mol. The molecule has 10 heteroatoms. The van der Waals surface area contributed by atoms with Gasteiger partial charge in [0.2, 0.25) is 6.41 Å². The molecule has 2 aromatic heterocycles. The standard InChI is InChI=1S/C16H8F4N4OS/c17-9-4-11-8(5-22-24-11)13(14(9)16(18,19)20)7-1-2-10-12(3-7)26-15(23-10)21-6-25/h1-6H,(H,22,24)(H,21,23,25). The summed E-state index contributed by atoms with van der Waals surface area (Å²) in [4.78, 5) is 14.7. The van der Waals surface area contributed by atoms with E-state index in [0.29, 0.717) is 21.8 Å². The van der Waals surface area contributed by atoms with Gasteiger partial charge in [0.15, 0.2) is 5.13 Å². The van der Waals surface area contributed by atoms with Crippen LogP contribution in [-0.4, -0.2) is 21.6 Å². The van der Waals surface area contributed by atoms with E-state index in [2.05, 4.69) is 20.5 Å². The number of aromatic amines is 1. The molecular formula is C16H8F4N4OS. The van der Waals surface area contributed by atoms with E-state index in [0.717, 1.165) is 17.4 Å². The zero-order chi connectivity index (χ0) is 18.5. The number of nitrogens with one attached hydrogen (secondary N) is 2. The van der Waals surface area contributed by atoms with Crippen LogP contribution in [0.25, 0.3) is 32.2 Å². The number of thiazole rings is 1. The van der Waals surface area contributed by atoms with Gasteiger partial charge in [-0.15, -0.1) is 0 Å². The maximum Gasteiger partial charge on any atom is 0.419 e. The number of hydrogen-bond acceptors (Lipinski definition) is 4. The summed E-state index contributed by atoms with van der Waals surface area (Å²) in [6.07, 6.45) is -3.19. The van der Waals surface area contributed by atoms with Crippen LogP contribution in [0.4, 0.5) is 22.7 Å². The van der Waals surface area contributed by atoms with Gasteiger partial charge in [0, 0.05) is 17.0 Å². The smallest absolute Gasteiger partial charge is 0.305 e. The molecule has 0 aliphatic rings. The second kappa shape index (κ2) is 5.77. The van der Waals surface area contributed by atoms with Gasteiger partial charge in [-0.2, -0.15) is 18.3 Å². The van der Waals surface area contributed by atoms with E-state index < -0.39 is 17.6 Å². The second-order valence-corrected chi connectivity index (χ2v) is 6.43. The highest BCUT2D eigenvalue weighted by Gasteiger charge is 2.38. The topological polar surface area (TPSA) is 70.7 Å². The highest BCUT2D eigenvalue weighted by Crippen LogP contribution is 2.43. The van der Waals surface area contributed by atoms with Crippen LogP contribution in [0.2, 0.25) is 0 Å². The van der Waals surface area contributed by atoms with Gasteiger partial charge >= 0.3 is 6.18 Å². The fraction of sp³-hybridized carbons (Fsp3) is 0.0625. The lowest BCUT2D eigenvalue weighted by molar-refractivity contribution is -0.139. The minimum absolute atomic E-state index is 0.161. The summed E-state index contributed by atoms with van der Waals surface area (Å²) >= 11 is 1.10. The molecule has 0 saturated heterocycles. The van der Waals surface area contributed by atoms with Crippen LogP contribution in [0.1, 0.15) is 5.56 Å². The zero-order valence-corrected chi connectivity index (χ0v) is 13.5. The van der Waals surface area contributed by atoms with E-state index >= 15 is 0 Å². The molecule has 0 radical (unpaired) electrons. The Morgan fingerprint density at radius 3 is 2.77 bits per heavy atom. The molecule has 0 atom stereocenters. The van der Waals surface area contributed by atoms with Crippen LogP contribution in [0.3, 0.4) is 0 Å². The van der Waals surface area contributed by atoms with Gasteiger partial charge in [-0.1, -0.05) is 17.4 Å². The molecule has 5 nitrogen and oxygen atoms in total. The van der Waals surface area contributed by atoms with Gasteiger partial charge in [-0.05, 0) is 17.7 Å². The Kier molecular flexibility index (Phi) is 3.65. The quantitative estimate of drug-likeness (QED) is 0.404. The maximum atomic E-state index is 14.2. The third-order valence-electron chi connectivity index (χ3n) is 3.84. The van der Waals surface area contributed by atoms with E-state index in [1.165, 1.54) is 24.4 Å². The largest absolute Gasteiger partial charge is 0.419 e. The molecule has 1 amide bonds. The summed E-state index contributed by atoms with van der Waals surface area (Å²) in [6, 6.07) is 5.22. The van der Waals surface area contributed by atoms with Crippen molar-refractivity contribution >= 4 is 44.0 Å². The lowest BCUT2D eigenvalue weighted by atomic mass is 9.95. The molecule has 0 aliphatic heterocycles. The predicted molar refractivity (Wildman–Crippen MR) is 89.4 cm³/mol. The summed E-state index contributed by atoms with van der Waals surface area (Å²) in [7, 11) is 0. The number of carbonyl (C=O) groups excluding carboxylic acids is 1. The molecule has 2 aromatic carbocycles. The number of halogens is 4. The number of carbonyl (C=O) groups is 1. The van der Waals surface area contributed by atoms with Crippen LogP contribution in [0, 0.1) is 5.82 Å². The van der Waals surface area contributed by atoms with E-state index in [9.17, 15) is 22.4 Å². The summed E-state index contributed by atoms with van der Waals surface area (Å²) in [5, 5.41) is 9.09. The molecule has 0 bridgehead atoms. The lowest BCUT2D eigenvalue weighted by Crippen LogP contribution is -2.10. The molecule has 0 spiro atoms. The number of alkyl halides is 3. The van der Waals surface area contributed by atoms with Gasteiger partial charge < -0.3 is 5.32 Å². The average Bonchev–Trinajstić information content (AvgIpc) is 3.17. The first kappa shape index (κ1) is 16.5. The molecule has 0 aliphatic carbocycles. The number of amides is 1. The molecule has 2 heterocycles. The third kappa shape index (κ3) is 2.58. The van der Waals surface area contributed by atoms with E-state index in [1.807, 2.05) is 0 Å². The number of benzene rings is 2. The van der Waals surface area contributed by atoms with Gasteiger partial charge in [0.1, 0.15) is 5.82 Å². The first-order chi connectivity index (χ1) is 12.4. The number of aromatic nitrogens is 3. The van der Waals surface area contributed by atoms with Gasteiger partial charge in [0.25, 0.3) is 0 Å². The van der Waals surface area contributed by atoms with Crippen LogP contribution < -0.4 is 5.32 Å². The molecule has 132 valence electrons. The number of anilines is 1. The van der Waals surface area contributed by atoms with Crippen molar-refractivity contribution in [2.75, 3.05) is 5.32 Å². The Balaban J connectivity index is 2.02. The molecule has 2 N–H and O–H groups in total. The number of H-pyrrole nitrogens is 1. The van der Waals surface area contributed by atoms with Gasteiger partial charge in [-0.3, -0.25) is 9.89 Å². The van der Waals surface area contributed by atoms with E-state index in [1.54, 1.807) is 0 Å². The number of hydrogen-bond donors (Lipinski definition) is 2. The molecule has 0 fully saturated rings. The highest BCUT2D eigenvalue weighted by atomic mass is 32.1. The van der Waals surface area contributed by atoms with Crippen molar-refractivity contribution in [1.29, 1.82) is 0 Å². The Hall–Kier alpha value is -3.01. The van der Waals surface area contributed by atoms with Crippen molar-refractivity contribution in [3.05, 3.63) is 41.8 Å². The van der Waals surface area contributed by atoms with Crippen molar-refractivity contribution < 1.29 is 22.4 Å². The Bertz CT molecular complexity index is 1150. The summed E-state index contributed by atoms with van der Waals surface area (Å²) in [5.74, 6) is -1.38. The van der Waals surface area contributed by atoms with Crippen molar-refractivity contribution in [2.24, 2.45) is 0 Å². The summed E-state index contributed by atoms with van der Waals surface area (Å²) in [6.45, 7) is 0. The number of nitrogens with zero attached hydrogens (tertiary/aromatic N) is 2. The molecule has 4 rings (SSSR count). The maximum absolute atomic E-state index is 14.2. The molecule has 4 aromatic rings. The lowest BCUT2D eigenvalue weighted by Gasteiger charge is -2.15. The van der Waals surface area contributed by atoms with Crippen LogP contribution >= 0.6 is 11.3 Å². The number of rotatable bonds is 3. The van der Waals surface area contributed by atoms with Crippen LogP contribution in [0.5, 0.6) is 0 Å². The average molecular weight is 380 g/mol. The Morgan fingerprint density at radius 1 is 1.23 bits per heavy atom. The minimum Gasteiger partial charge on any atom is -0.305 e. The van der Waals surface area contributed by atoms with Crippen molar-refractivity contribution in [1.82, 2.24) is 15.2 Å². The summed E-state index contributed by atoms with van der Waals surface area (Å²) < 4.78 is 55.3. The van der Waals surface area contributed by atoms with Crippen molar-refractivity contribution in [3.8, 4) is 11.1 Å². The van der Waals surface area contributed by atoms with E-state index in [4.69, 9.17) is 0 Å². The first-order valence-corrected chi connectivity index (χ1v) is 8.04. The molecule has 26 heavy (non-hydrogen) atoms. The zero-order valence-electron chi connectivity index (χ0n) is 12.7. The van der Waals surface area contributed by atoms with Gasteiger partial charge in [0.05, 0.1) is 27.5 Å².